The maximum Gasteiger partial charge on any atom is 0.153 e. The molecule has 0 unspecified atom stereocenters. The minimum absolute atomic E-state index is 0.782. The minimum atomic E-state index is 0.782. The van der Waals surface area contributed by atoms with E-state index in [4.69, 9.17) is 4.74 Å². The highest BCUT2D eigenvalue weighted by Gasteiger charge is 2.10. The Bertz CT molecular complexity index is 578. The quantitative estimate of drug-likeness (QED) is 0.598. The number of nitrogens with zero attached hydrogens (tertiary/aromatic N) is 1. The van der Waals surface area contributed by atoms with Crippen LogP contribution in [-0.4, -0.2) is 6.21 Å². The van der Waals surface area contributed by atoms with E-state index in [2.05, 4.69) is 20.9 Å². The number of halogens is 1. The van der Waals surface area contributed by atoms with Crippen LogP contribution in [0.2, 0.25) is 0 Å². The first-order valence-corrected chi connectivity index (χ1v) is 5.73. The minimum Gasteiger partial charge on any atom is -0.454 e. The van der Waals surface area contributed by atoms with Gasteiger partial charge in [-0.3, -0.25) is 4.99 Å². The van der Waals surface area contributed by atoms with Gasteiger partial charge in [-0.25, -0.2) is 0 Å². The normalized spacial score (nSPS) is 12.3. The summed E-state index contributed by atoms with van der Waals surface area (Å²) in [5, 5.41) is 0. The van der Waals surface area contributed by atoms with E-state index < -0.39 is 0 Å². The highest BCUT2D eigenvalue weighted by Crippen LogP contribution is 2.37. The Kier molecular flexibility index (Phi) is 2.26. The zero-order valence-electron chi connectivity index (χ0n) is 8.35. The molecule has 3 rings (SSSR count). The van der Waals surface area contributed by atoms with E-state index in [1.54, 1.807) is 0 Å². The second-order valence-electron chi connectivity index (χ2n) is 3.51. The third kappa shape index (κ3) is 1.63. The number of aliphatic imine (C=N–C) groups is 1. The second kappa shape index (κ2) is 3.76. The number of para-hydroxylation sites is 1. The molecule has 0 atom stereocenters. The molecule has 0 spiro atoms. The lowest BCUT2D eigenvalue weighted by molar-refractivity contribution is 0.485. The Balaban J connectivity index is 2.17. The van der Waals surface area contributed by atoms with Crippen LogP contribution in [-0.2, 0) is 0 Å². The molecule has 0 N–H and O–H groups in total. The van der Waals surface area contributed by atoms with Crippen molar-refractivity contribution in [3.05, 3.63) is 52.5 Å². The molecule has 0 fully saturated rings. The predicted octanol–water partition coefficient (Wildman–Crippen LogP) is 4.31. The van der Waals surface area contributed by atoms with Crippen LogP contribution in [0.15, 0.2) is 51.9 Å². The number of ether oxygens (including phenoxy) is 1. The maximum absolute atomic E-state index is 5.81. The second-order valence-corrected chi connectivity index (χ2v) is 4.43. The van der Waals surface area contributed by atoms with E-state index in [0.29, 0.717) is 0 Å². The van der Waals surface area contributed by atoms with E-state index in [1.807, 2.05) is 48.7 Å². The molecule has 0 bridgehead atoms. The Morgan fingerprint density at radius 1 is 1.00 bits per heavy atom. The van der Waals surface area contributed by atoms with Gasteiger partial charge in [-0.2, -0.15) is 0 Å². The van der Waals surface area contributed by atoms with Crippen molar-refractivity contribution in [3.63, 3.8) is 0 Å². The fourth-order valence-electron chi connectivity index (χ4n) is 1.62. The van der Waals surface area contributed by atoms with Gasteiger partial charge in [0.2, 0.25) is 0 Å². The SMILES string of the molecule is Brc1ccc2c(c1)N=Cc1ccccc1O2. The van der Waals surface area contributed by atoms with E-state index in [9.17, 15) is 0 Å². The first kappa shape index (κ1) is 9.60. The van der Waals surface area contributed by atoms with Crippen molar-refractivity contribution in [2.24, 2.45) is 4.99 Å². The van der Waals surface area contributed by atoms with Crippen LogP contribution in [0.25, 0.3) is 0 Å². The summed E-state index contributed by atoms with van der Waals surface area (Å²) < 4.78 is 6.81. The van der Waals surface area contributed by atoms with Crippen LogP contribution >= 0.6 is 15.9 Å². The van der Waals surface area contributed by atoms with Crippen molar-refractivity contribution in [2.75, 3.05) is 0 Å². The van der Waals surface area contributed by atoms with Gasteiger partial charge in [0.25, 0.3) is 0 Å². The summed E-state index contributed by atoms with van der Waals surface area (Å²) in [4.78, 5) is 4.41. The van der Waals surface area contributed by atoms with Gasteiger partial charge in [-0.1, -0.05) is 28.1 Å². The first-order valence-electron chi connectivity index (χ1n) is 4.93. The number of fused-ring (bicyclic) bond motifs is 2. The summed E-state index contributed by atoms with van der Waals surface area (Å²) in [6, 6.07) is 13.7. The predicted molar refractivity (Wildman–Crippen MR) is 67.9 cm³/mol. The number of rotatable bonds is 0. The molecule has 3 heteroatoms. The zero-order chi connectivity index (χ0) is 11.0. The molecule has 16 heavy (non-hydrogen) atoms. The lowest BCUT2D eigenvalue weighted by atomic mass is 10.2. The van der Waals surface area contributed by atoms with Crippen LogP contribution in [0.5, 0.6) is 11.5 Å². The molecule has 1 heterocycles. The van der Waals surface area contributed by atoms with Crippen molar-refractivity contribution in [2.45, 2.75) is 0 Å². The molecule has 1 aliphatic rings. The van der Waals surface area contributed by atoms with Crippen LogP contribution in [0.4, 0.5) is 5.69 Å². The Labute approximate surface area is 102 Å². The topological polar surface area (TPSA) is 21.6 Å². The summed E-state index contributed by atoms with van der Waals surface area (Å²) in [6.45, 7) is 0. The van der Waals surface area contributed by atoms with E-state index in [1.165, 1.54) is 0 Å². The molecular formula is C13H8BrNO. The Morgan fingerprint density at radius 2 is 1.88 bits per heavy atom. The summed E-state index contributed by atoms with van der Waals surface area (Å²) in [6.07, 6.45) is 1.83. The van der Waals surface area contributed by atoms with Gasteiger partial charge in [0.1, 0.15) is 11.4 Å². The molecule has 0 radical (unpaired) electrons. The molecule has 0 aliphatic carbocycles. The summed E-state index contributed by atoms with van der Waals surface area (Å²) >= 11 is 3.42. The smallest absolute Gasteiger partial charge is 0.153 e. The maximum atomic E-state index is 5.81. The lowest BCUT2D eigenvalue weighted by Gasteiger charge is -2.07. The van der Waals surface area contributed by atoms with Gasteiger partial charge in [0.15, 0.2) is 5.75 Å². The van der Waals surface area contributed by atoms with Crippen molar-refractivity contribution in [1.29, 1.82) is 0 Å². The van der Waals surface area contributed by atoms with E-state index >= 15 is 0 Å². The third-order valence-electron chi connectivity index (χ3n) is 2.40. The molecule has 0 saturated heterocycles. The summed E-state index contributed by atoms with van der Waals surface area (Å²) in [7, 11) is 0. The fourth-order valence-corrected chi connectivity index (χ4v) is 1.96. The van der Waals surface area contributed by atoms with E-state index in [0.717, 1.165) is 27.2 Å². The van der Waals surface area contributed by atoms with Gasteiger partial charge in [-0.15, -0.1) is 0 Å². The molecule has 2 nitrogen and oxygen atoms in total. The molecule has 0 aromatic heterocycles. The highest BCUT2D eigenvalue weighted by atomic mass is 79.9. The van der Waals surface area contributed by atoms with Gasteiger partial charge in [-0.05, 0) is 30.3 Å². The molecule has 2 aromatic rings. The molecule has 2 aromatic carbocycles. The summed E-state index contributed by atoms with van der Waals surface area (Å²) in [5.41, 5.74) is 1.83. The fraction of sp³-hybridized carbons (Fsp3) is 0. The van der Waals surface area contributed by atoms with Gasteiger partial charge in [0, 0.05) is 16.3 Å². The van der Waals surface area contributed by atoms with E-state index in [-0.39, 0.29) is 0 Å². The van der Waals surface area contributed by atoms with Crippen molar-refractivity contribution in [3.8, 4) is 11.5 Å². The Hall–Kier alpha value is -1.61. The standard InChI is InChI=1S/C13H8BrNO/c14-10-5-6-13-11(7-10)15-8-9-3-1-2-4-12(9)16-13/h1-8H. The van der Waals surface area contributed by atoms with Crippen LogP contribution < -0.4 is 4.74 Å². The van der Waals surface area contributed by atoms with Crippen molar-refractivity contribution in [1.82, 2.24) is 0 Å². The van der Waals surface area contributed by atoms with Crippen LogP contribution in [0.1, 0.15) is 5.56 Å². The third-order valence-corrected chi connectivity index (χ3v) is 2.90. The number of hydrogen-bond acceptors (Lipinski definition) is 2. The molecule has 0 amide bonds. The van der Waals surface area contributed by atoms with Gasteiger partial charge < -0.3 is 4.74 Å². The molecule has 1 aliphatic heterocycles. The van der Waals surface area contributed by atoms with Gasteiger partial charge >= 0.3 is 0 Å². The van der Waals surface area contributed by atoms with Crippen molar-refractivity contribution < 1.29 is 4.74 Å². The number of benzene rings is 2. The lowest BCUT2D eigenvalue weighted by Crippen LogP contribution is -1.86. The average Bonchev–Trinajstić information content (AvgIpc) is 2.48. The van der Waals surface area contributed by atoms with Gasteiger partial charge in [0.05, 0.1) is 0 Å². The monoisotopic (exact) mass is 273 g/mol. The Morgan fingerprint density at radius 3 is 2.81 bits per heavy atom. The first-order chi connectivity index (χ1) is 7.83. The molecule has 78 valence electrons. The summed E-state index contributed by atoms with van der Waals surface area (Å²) in [5.74, 6) is 1.62. The van der Waals surface area contributed by atoms with Crippen LogP contribution in [0, 0.1) is 0 Å². The zero-order valence-corrected chi connectivity index (χ0v) is 9.94. The van der Waals surface area contributed by atoms with Crippen LogP contribution in [0.3, 0.4) is 0 Å². The highest BCUT2D eigenvalue weighted by molar-refractivity contribution is 9.10. The van der Waals surface area contributed by atoms with Crippen molar-refractivity contribution >= 4 is 27.8 Å². The molecule has 0 saturated carbocycles. The largest absolute Gasteiger partial charge is 0.454 e. The molecular weight excluding hydrogens is 266 g/mol. The number of hydrogen-bond donors (Lipinski definition) is 0. The average molecular weight is 274 g/mol.